The molecule has 1 fully saturated rings. The zero-order valence-electron chi connectivity index (χ0n) is 13.7. The maximum Gasteiger partial charge on any atom is 0.236 e. The van der Waals surface area contributed by atoms with E-state index in [4.69, 9.17) is 0 Å². The second kappa shape index (κ2) is 9.13. The van der Waals surface area contributed by atoms with Crippen LogP contribution in [-0.4, -0.2) is 53.9 Å². The number of carbonyl (C=O) groups excluding carboxylic acids is 1. The third-order valence-corrected chi connectivity index (χ3v) is 5.02. The molecule has 24 heavy (non-hydrogen) atoms. The van der Waals surface area contributed by atoms with E-state index in [2.05, 4.69) is 27.3 Å². The van der Waals surface area contributed by atoms with E-state index in [-0.39, 0.29) is 24.4 Å². The van der Waals surface area contributed by atoms with Gasteiger partial charge in [-0.25, -0.2) is 0 Å². The van der Waals surface area contributed by atoms with Crippen LogP contribution in [0.25, 0.3) is 0 Å². The first kappa shape index (κ1) is 18.9. The SMILES string of the molecule is CN(Cc1cccs1)C(=O)CN1CCNCC1c1cccnc1.Cl. The number of thiophene rings is 1. The maximum absolute atomic E-state index is 12.6. The molecular formula is C17H23ClN4OS. The summed E-state index contributed by atoms with van der Waals surface area (Å²) in [7, 11) is 1.88. The number of hydrogen-bond donors (Lipinski definition) is 1. The normalized spacial score (nSPS) is 18.0. The zero-order valence-corrected chi connectivity index (χ0v) is 15.4. The van der Waals surface area contributed by atoms with Gasteiger partial charge >= 0.3 is 0 Å². The van der Waals surface area contributed by atoms with Gasteiger partial charge < -0.3 is 10.2 Å². The van der Waals surface area contributed by atoms with Crippen molar-refractivity contribution in [1.82, 2.24) is 20.1 Å². The Kier molecular flexibility index (Phi) is 7.17. The lowest BCUT2D eigenvalue weighted by atomic mass is 10.1. The van der Waals surface area contributed by atoms with Crippen molar-refractivity contribution in [3.63, 3.8) is 0 Å². The highest BCUT2D eigenvalue weighted by Gasteiger charge is 2.26. The summed E-state index contributed by atoms with van der Waals surface area (Å²) >= 11 is 1.69. The first-order chi connectivity index (χ1) is 11.2. The van der Waals surface area contributed by atoms with Gasteiger partial charge in [0.15, 0.2) is 0 Å². The van der Waals surface area contributed by atoms with Crippen LogP contribution >= 0.6 is 23.7 Å². The van der Waals surface area contributed by atoms with E-state index in [1.165, 1.54) is 4.88 Å². The van der Waals surface area contributed by atoms with Crippen LogP contribution in [0, 0.1) is 0 Å². The number of amides is 1. The fourth-order valence-electron chi connectivity index (χ4n) is 2.86. The molecule has 0 bridgehead atoms. The molecule has 5 nitrogen and oxygen atoms in total. The molecule has 0 spiro atoms. The molecule has 1 aliphatic rings. The van der Waals surface area contributed by atoms with E-state index in [0.29, 0.717) is 13.1 Å². The first-order valence-electron chi connectivity index (χ1n) is 7.85. The summed E-state index contributed by atoms with van der Waals surface area (Å²) in [4.78, 5) is 22.1. The Morgan fingerprint density at radius 1 is 1.46 bits per heavy atom. The molecule has 7 heteroatoms. The molecule has 1 amide bonds. The average Bonchev–Trinajstić information content (AvgIpc) is 3.09. The van der Waals surface area contributed by atoms with E-state index in [0.717, 1.165) is 25.2 Å². The molecule has 0 aliphatic carbocycles. The molecule has 130 valence electrons. The predicted octanol–water partition coefficient (Wildman–Crippen LogP) is 2.17. The fraction of sp³-hybridized carbons (Fsp3) is 0.412. The van der Waals surface area contributed by atoms with Crippen molar-refractivity contribution in [2.45, 2.75) is 12.6 Å². The Bertz CT molecular complexity index is 623. The number of likely N-dealkylation sites (N-methyl/N-ethyl adjacent to an activating group) is 1. The average molecular weight is 367 g/mol. The molecule has 1 N–H and O–H groups in total. The molecule has 1 atom stereocenters. The molecule has 0 saturated carbocycles. The second-order valence-electron chi connectivity index (χ2n) is 5.81. The van der Waals surface area contributed by atoms with Crippen LogP contribution in [0.2, 0.25) is 0 Å². The Balaban J connectivity index is 0.00000208. The summed E-state index contributed by atoms with van der Waals surface area (Å²) in [6.45, 7) is 3.77. The number of hydrogen-bond acceptors (Lipinski definition) is 5. The van der Waals surface area contributed by atoms with E-state index in [9.17, 15) is 4.79 Å². The Morgan fingerprint density at radius 2 is 2.33 bits per heavy atom. The summed E-state index contributed by atoms with van der Waals surface area (Å²) in [6.07, 6.45) is 3.68. The second-order valence-corrected chi connectivity index (χ2v) is 6.84. The van der Waals surface area contributed by atoms with Crippen LogP contribution in [0.3, 0.4) is 0 Å². The molecule has 3 rings (SSSR count). The minimum atomic E-state index is 0. The predicted molar refractivity (Wildman–Crippen MR) is 99.5 cm³/mol. The lowest BCUT2D eigenvalue weighted by Gasteiger charge is -2.36. The van der Waals surface area contributed by atoms with Crippen LogP contribution in [0.15, 0.2) is 42.0 Å². The lowest BCUT2D eigenvalue weighted by Crippen LogP contribution is -2.49. The molecule has 2 aromatic rings. The highest BCUT2D eigenvalue weighted by molar-refractivity contribution is 7.09. The van der Waals surface area contributed by atoms with Gasteiger partial charge in [0.05, 0.1) is 13.1 Å². The van der Waals surface area contributed by atoms with Gasteiger partial charge in [-0.15, -0.1) is 23.7 Å². The Hall–Kier alpha value is -1.47. The highest BCUT2D eigenvalue weighted by atomic mass is 35.5. The lowest BCUT2D eigenvalue weighted by molar-refractivity contribution is -0.132. The molecular weight excluding hydrogens is 344 g/mol. The van der Waals surface area contributed by atoms with Crippen LogP contribution in [0.5, 0.6) is 0 Å². The van der Waals surface area contributed by atoms with Gasteiger partial charge in [0.1, 0.15) is 0 Å². The summed E-state index contributed by atoms with van der Waals surface area (Å²) in [6, 6.07) is 8.33. The van der Waals surface area contributed by atoms with Crippen molar-refractivity contribution in [3.05, 3.63) is 52.5 Å². The van der Waals surface area contributed by atoms with Gasteiger partial charge in [-0.1, -0.05) is 12.1 Å². The summed E-state index contributed by atoms with van der Waals surface area (Å²) in [5, 5.41) is 5.45. The van der Waals surface area contributed by atoms with Crippen LogP contribution in [0.1, 0.15) is 16.5 Å². The summed E-state index contributed by atoms with van der Waals surface area (Å²) < 4.78 is 0. The molecule has 3 heterocycles. The topological polar surface area (TPSA) is 48.5 Å². The number of nitrogens with zero attached hydrogens (tertiary/aromatic N) is 3. The fourth-order valence-corrected chi connectivity index (χ4v) is 3.61. The molecule has 1 saturated heterocycles. The van der Waals surface area contributed by atoms with Crippen molar-refractivity contribution >= 4 is 29.7 Å². The van der Waals surface area contributed by atoms with E-state index in [1.54, 1.807) is 17.5 Å². The Morgan fingerprint density at radius 3 is 3.04 bits per heavy atom. The third-order valence-electron chi connectivity index (χ3n) is 4.16. The first-order valence-corrected chi connectivity index (χ1v) is 8.73. The standard InChI is InChI=1S/C17H22N4OS.ClH/c1-20(12-15-5-3-9-23-15)17(22)13-21-8-7-19-11-16(21)14-4-2-6-18-10-14;/h2-6,9-10,16,19H,7-8,11-13H2,1H3;1H. The van der Waals surface area contributed by atoms with Gasteiger partial charge in [-0.05, 0) is 23.1 Å². The molecule has 1 aliphatic heterocycles. The number of rotatable bonds is 5. The van der Waals surface area contributed by atoms with Gasteiger partial charge in [0, 0.05) is 50.0 Å². The van der Waals surface area contributed by atoms with Crippen LogP contribution < -0.4 is 5.32 Å². The quantitative estimate of drug-likeness (QED) is 0.881. The number of aromatic nitrogens is 1. The number of piperazine rings is 1. The highest BCUT2D eigenvalue weighted by Crippen LogP contribution is 2.21. The van der Waals surface area contributed by atoms with E-state index in [1.807, 2.05) is 35.7 Å². The van der Waals surface area contributed by atoms with E-state index < -0.39 is 0 Å². The van der Waals surface area contributed by atoms with Crippen LogP contribution in [0.4, 0.5) is 0 Å². The molecule has 0 aromatic carbocycles. The minimum absolute atomic E-state index is 0. The van der Waals surface area contributed by atoms with Gasteiger partial charge in [0.25, 0.3) is 0 Å². The van der Waals surface area contributed by atoms with Crippen molar-refractivity contribution in [2.75, 3.05) is 33.2 Å². The number of nitrogens with one attached hydrogen (secondary N) is 1. The van der Waals surface area contributed by atoms with Gasteiger partial charge in [-0.2, -0.15) is 0 Å². The molecule has 0 radical (unpaired) electrons. The smallest absolute Gasteiger partial charge is 0.236 e. The van der Waals surface area contributed by atoms with Crippen molar-refractivity contribution in [2.24, 2.45) is 0 Å². The summed E-state index contributed by atoms with van der Waals surface area (Å²) in [5.74, 6) is 0.161. The largest absolute Gasteiger partial charge is 0.340 e. The van der Waals surface area contributed by atoms with Crippen molar-refractivity contribution in [1.29, 1.82) is 0 Å². The van der Waals surface area contributed by atoms with E-state index >= 15 is 0 Å². The number of pyridine rings is 1. The Labute approximate surface area is 153 Å². The van der Waals surface area contributed by atoms with Gasteiger partial charge in [0.2, 0.25) is 5.91 Å². The maximum atomic E-state index is 12.6. The summed E-state index contributed by atoms with van der Waals surface area (Å²) in [5.41, 5.74) is 1.16. The number of halogens is 1. The minimum Gasteiger partial charge on any atom is -0.340 e. The van der Waals surface area contributed by atoms with Crippen molar-refractivity contribution < 1.29 is 4.79 Å². The number of carbonyl (C=O) groups is 1. The van der Waals surface area contributed by atoms with Crippen LogP contribution in [-0.2, 0) is 11.3 Å². The molecule has 1 unspecified atom stereocenters. The van der Waals surface area contributed by atoms with Crippen molar-refractivity contribution in [3.8, 4) is 0 Å². The molecule has 2 aromatic heterocycles. The monoisotopic (exact) mass is 366 g/mol. The van der Waals surface area contributed by atoms with Gasteiger partial charge in [-0.3, -0.25) is 14.7 Å². The zero-order chi connectivity index (χ0) is 16.1. The third kappa shape index (κ3) is 4.77.